The monoisotopic (exact) mass is 472 g/mol. The van der Waals surface area contributed by atoms with Crippen LogP contribution in [0.25, 0.3) is 45.8 Å². The molecule has 0 aliphatic carbocycles. The number of rotatable bonds is 6. The zero-order chi connectivity index (χ0) is 25.1. The molecule has 0 fully saturated rings. The Morgan fingerprint density at radius 3 is 1.31 bits per heavy atom. The molecule has 0 bridgehead atoms. The summed E-state index contributed by atoms with van der Waals surface area (Å²) in [6.45, 7) is 0. The number of nitrogens with zero attached hydrogens (tertiary/aromatic N) is 2. The van der Waals surface area contributed by atoms with E-state index in [2.05, 4.69) is 0 Å². The third kappa shape index (κ3) is 4.48. The van der Waals surface area contributed by atoms with Gasteiger partial charge in [-0.15, -0.1) is 0 Å². The molecular formula is C30H20N2O4. The van der Waals surface area contributed by atoms with Crippen molar-refractivity contribution in [3.63, 3.8) is 0 Å². The summed E-state index contributed by atoms with van der Waals surface area (Å²) < 4.78 is 0. The van der Waals surface area contributed by atoms with Gasteiger partial charge in [-0.05, 0) is 50.9 Å². The first-order valence-electron chi connectivity index (χ1n) is 11.3. The second kappa shape index (κ2) is 9.64. The van der Waals surface area contributed by atoms with Gasteiger partial charge >= 0.3 is 0 Å². The van der Waals surface area contributed by atoms with Crippen LogP contribution in [0.15, 0.2) is 97.1 Å². The standard InChI is InChI=1S/C30H20N2O4/c33-31(34)29-20-30(32(35)36)26(18-16-24-12-6-10-22-8-2-4-14-28(22)24)19-25(29)17-15-23-11-5-9-21-7-1-3-13-27(21)23/h1-20H. The summed E-state index contributed by atoms with van der Waals surface area (Å²) in [5, 5.41) is 27.7. The first kappa shape index (κ1) is 22.7. The molecule has 6 heteroatoms. The Morgan fingerprint density at radius 1 is 0.472 bits per heavy atom. The zero-order valence-corrected chi connectivity index (χ0v) is 19.1. The Kier molecular flexibility index (Phi) is 6.07. The summed E-state index contributed by atoms with van der Waals surface area (Å²) in [6, 6.07) is 30.0. The first-order chi connectivity index (χ1) is 17.5. The Balaban J connectivity index is 1.61. The van der Waals surface area contributed by atoms with Crippen molar-refractivity contribution in [3.8, 4) is 0 Å². The molecule has 0 radical (unpaired) electrons. The van der Waals surface area contributed by atoms with E-state index in [-0.39, 0.29) is 22.5 Å². The minimum absolute atomic E-state index is 0.288. The lowest BCUT2D eigenvalue weighted by Gasteiger charge is -2.05. The van der Waals surface area contributed by atoms with Crippen molar-refractivity contribution in [1.82, 2.24) is 0 Å². The van der Waals surface area contributed by atoms with Crippen LogP contribution < -0.4 is 0 Å². The maximum atomic E-state index is 11.8. The predicted molar refractivity (Wildman–Crippen MR) is 146 cm³/mol. The fourth-order valence-corrected chi connectivity index (χ4v) is 4.35. The minimum atomic E-state index is -0.589. The van der Waals surface area contributed by atoms with Gasteiger partial charge in [-0.3, -0.25) is 20.2 Å². The Morgan fingerprint density at radius 2 is 0.861 bits per heavy atom. The van der Waals surface area contributed by atoms with Crippen LogP contribution in [0.1, 0.15) is 22.3 Å². The third-order valence-corrected chi connectivity index (χ3v) is 6.10. The Hall–Kier alpha value is -5.10. The van der Waals surface area contributed by atoms with Crippen molar-refractivity contribution in [2.45, 2.75) is 0 Å². The lowest BCUT2D eigenvalue weighted by molar-refractivity contribution is -0.394. The molecule has 0 N–H and O–H groups in total. The van der Waals surface area contributed by atoms with Gasteiger partial charge in [0.05, 0.1) is 27.0 Å². The van der Waals surface area contributed by atoms with Crippen molar-refractivity contribution in [1.29, 1.82) is 0 Å². The van der Waals surface area contributed by atoms with Crippen LogP contribution in [-0.4, -0.2) is 9.85 Å². The molecule has 0 amide bonds. The highest BCUT2D eigenvalue weighted by molar-refractivity contribution is 5.95. The molecule has 0 saturated carbocycles. The van der Waals surface area contributed by atoms with Crippen LogP contribution in [0.2, 0.25) is 0 Å². The van der Waals surface area contributed by atoms with Crippen molar-refractivity contribution < 1.29 is 9.85 Å². The number of nitro groups is 2. The van der Waals surface area contributed by atoms with E-state index < -0.39 is 9.85 Å². The first-order valence-corrected chi connectivity index (χ1v) is 11.3. The second-order valence-corrected chi connectivity index (χ2v) is 8.29. The third-order valence-electron chi connectivity index (χ3n) is 6.10. The molecule has 5 rings (SSSR count). The van der Waals surface area contributed by atoms with Crippen molar-refractivity contribution in [2.75, 3.05) is 0 Å². The van der Waals surface area contributed by atoms with E-state index >= 15 is 0 Å². The van der Waals surface area contributed by atoms with Gasteiger partial charge in [0, 0.05) is 0 Å². The molecule has 0 saturated heterocycles. The summed E-state index contributed by atoms with van der Waals surface area (Å²) in [6.07, 6.45) is 6.88. The van der Waals surface area contributed by atoms with Crippen LogP contribution in [-0.2, 0) is 0 Å². The van der Waals surface area contributed by atoms with Crippen LogP contribution in [0, 0.1) is 20.2 Å². The zero-order valence-electron chi connectivity index (χ0n) is 19.1. The molecule has 0 aliphatic rings. The molecule has 6 nitrogen and oxygen atoms in total. The summed E-state index contributed by atoms with van der Waals surface area (Å²) in [5.41, 5.74) is 1.73. The van der Waals surface area contributed by atoms with Gasteiger partial charge in [0.25, 0.3) is 11.4 Å². The average Bonchev–Trinajstić information content (AvgIpc) is 2.90. The molecule has 0 aromatic heterocycles. The number of benzene rings is 5. The van der Waals surface area contributed by atoms with Crippen molar-refractivity contribution >= 4 is 57.2 Å². The van der Waals surface area contributed by atoms with Gasteiger partial charge in [-0.25, -0.2) is 0 Å². The highest BCUT2D eigenvalue weighted by Crippen LogP contribution is 2.32. The maximum Gasteiger partial charge on any atom is 0.283 e. The molecular weight excluding hydrogens is 452 g/mol. The van der Waals surface area contributed by atoms with E-state index in [1.807, 2.05) is 84.9 Å². The molecule has 5 aromatic rings. The normalized spacial score (nSPS) is 11.6. The quantitative estimate of drug-likeness (QED) is 0.142. The largest absolute Gasteiger partial charge is 0.283 e. The average molecular weight is 473 g/mol. The molecule has 0 spiro atoms. The molecule has 5 aromatic carbocycles. The van der Waals surface area contributed by atoms with Crippen molar-refractivity contribution in [2.24, 2.45) is 0 Å². The summed E-state index contributed by atoms with van der Waals surface area (Å²) in [5.74, 6) is 0. The molecule has 36 heavy (non-hydrogen) atoms. The molecule has 0 atom stereocenters. The lowest BCUT2D eigenvalue weighted by atomic mass is 10.0. The van der Waals surface area contributed by atoms with E-state index in [0.29, 0.717) is 0 Å². The fourth-order valence-electron chi connectivity index (χ4n) is 4.35. The van der Waals surface area contributed by atoms with E-state index in [1.165, 1.54) is 6.07 Å². The smallest absolute Gasteiger partial charge is 0.258 e. The fraction of sp³-hybridized carbons (Fsp3) is 0. The second-order valence-electron chi connectivity index (χ2n) is 8.29. The summed E-state index contributed by atoms with van der Waals surface area (Å²) >= 11 is 0. The maximum absolute atomic E-state index is 11.8. The van der Waals surface area contributed by atoms with Crippen LogP contribution in [0.4, 0.5) is 11.4 Å². The topological polar surface area (TPSA) is 86.3 Å². The van der Waals surface area contributed by atoms with Gasteiger partial charge in [-0.2, -0.15) is 0 Å². The van der Waals surface area contributed by atoms with E-state index in [9.17, 15) is 20.2 Å². The van der Waals surface area contributed by atoms with Crippen molar-refractivity contribution in [3.05, 3.63) is 140 Å². The highest BCUT2D eigenvalue weighted by Gasteiger charge is 2.22. The van der Waals surface area contributed by atoms with E-state index in [4.69, 9.17) is 0 Å². The number of hydrogen-bond donors (Lipinski definition) is 0. The number of nitro benzene ring substituents is 2. The van der Waals surface area contributed by atoms with Gasteiger partial charge in [0.1, 0.15) is 0 Å². The van der Waals surface area contributed by atoms with Gasteiger partial charge in [0.15, 0.2) is 0 Å². The Labute approximate surface area is 206 Å². The highest BCUT2D eigenvalue weighted by atomic mass is 16.6. The Bertz CT molecular complexity index is 1570. The van der Waals surface area contributed by atoms with Crippen LogP contribution in [0.5, 0.6) is 0 Å². The van der Waals surface area contributed by atoms with Gasteiger partial charge < -0.3 is 0 Å². The van der Waals surface area contributed by atoms with Gasteiger partial charge in [0.2, 0.25) is 0 Å². The van der Waals surface area contributed by atoms with Crippen LogP contribution in [0.3, 0.4) is 0 Å². The predicted octanol–water partition coefficient (Wildman–Crippen LogP) is 8.15. The number of fused-ring (bicyclic) bond motifs is 2. The molecule has 0 unspecified atom stereocenters. The molecule has 0 aliphatic heterocycles. The van der Waals surface area contributed by atoms with E-state index in [1.54, 1.807) is 24.3 Å². The minimum Gasteiger partial charge on any atom is -0.258 e. The van der Waals surface area contributed by atoms with Gasteiger partial charge in [-0.1, -0.05) is 97.1 Å². The summed E-state index contributed by atoms with van der Waals surface area (Å²) in [4.78, 5) is 22.4. The van der Waals surface area contributed by atoms with E-state index in [0.717, 1.165) is 38.7 Å². The molecule has 174 valence electrons. The SMILES string of the molecule is O=[N+]([O-])c1cc([N+](=O)[O-])c(C=Cc2cccc3ccccc23)cc1C=Cc1cccc2ccccc12. The van der Waals surface area contributed by atoms with Crippen LogP contribution >= 0.6 is 0 Å². The summed E-state index contributed by atoms with van der Waals surface area (Å²) in [7, 11) is 0. The lowest BCUT2D eigenvalue weighted by Crippen LogP contribution is -1.98. The molecule has 0 heterocycles. The number of hydrogen-bond acceptors (Lipinski definition) is 4.